The summed E-state index contributed by atoms with van der Waals surface area (Å²) in [4.78, 5) is 12.0. The van der Waals surface area contributed by atoms with E-state index in [-0.39, 0.29) is 5.91 Å². The lowest BCUT2D eigenvalue weighted by atomic mass is 10.3. The maximum atomic E-state index is 11.0. The van der Waals surface area contributed by atoms with E-state index in [0.717, 1.165) is 10.6 Å². The molecule has 0 fully saturated rings. The maximum Gasteiger partial charge on any atom is 0.224 e. The molecule has 0 aliphatic carbocycles. The molecule has 1 rings (SSSR count). The van der Waals surface area contributed by atoms with Crippen LogP contribution in [0.1, 0.15) is 18.2 Å². The Morgan fingerprint density at radius 3 is 3.08 bits per heavy atom. The van der Waals surface area contributed by atoms with Crippen LogP contribution in [0.15, 0.2) is 11.4 Å². The van der Waals surface area contributed by atoms with Gasteiger partial charge < -0.3 is 11.1 Å². The second-order valence-corrected chi connectivity index (χ2v) is 3.36. The van der Waals surface area contributed by atoms with Crippen LogP contribution in [0, 0.1) is 0 Å². The fraction of sp³-hybridized carbons (Fsp3) is 0.375. The summed E-state index contributed by atoms with van der Waals surface area (Å²) in [5, 5.41) is 4.71. The largest absolute Gasteiger partial charge is 0.326 e. The lowest BCUT2D eigenvalue weighted by Gasteiger charge is -2.02. The zero-order chi connectivity index (χ0) is 8.97. The highest BCUT2D eigenvalue weighted by Crippen LogP contribution is 2.21. The number of carbonyl (C=O) groups excluding carboxylic acids is 1. The molecule has 0 aliphatic heterocycles. The Morgan fingerprint density at radius 1 is 1.75 bits per heavy atom. The molecule has 3 N–H and O–H groups in total. The molecule has 1 heterocycles. The van der Waals surface area contributed by atoms with Crippen LogP contribution < -0.4 is 11.1 Å². The van der Waals surface area contributed by atoms with Crippen LogP contribution in [0.5, 0.6) is 0 Å². The van der Waals surface area contributed by atoms with Crippen LogP contribution in [0.2, 0.25) is 0 Å². The summed E-state index contributed by atoms with van der Waals surface area (Å²) in [6, 6.07) is 1.88. The van der Waals surface area contributed by atoms with Gasteiger partial charge in [0.2, 0.25) is 5.91 Å². The number of rotatable bonds is 3. The first-order valence-corrected chi connectivity index (χ1v) is 4.72. The minimum Gasteiger partial charge on any atom is -0.326 e. The van der Waals surface area contributed by atoms with Crippen LogP contribution in [0.3, 0.4) is 0 Å². The SMILES string of the molecule is CCC(=O)Nc1ccsc1CN. The second kappa shape index (κ2) is 4.23. The third kappa shape index (κ3) is 2.06. The van der Waals surface area contributed by atoms with Crippen molar-refractivity contribution in [3.8, 4) is 0 Å². The average Bonchev–Trinajstić information content (AvgIpc) is 2.51. The zero-order valence-electron chi connectivity index (χ0n) is 6.96. The van der Waals surface area contributed by atoms with Crippen molar-refractivity contribution < 1.29 is 4.79 Å². The summed E-state index contributed by atoms with van der Waals surface area (Å²) < 4.78 is 0. The molecular formula is C8H12N2OS. The van der Waals surface area contributed by atoms with E-state index in [4.69, 9.17) is 5.73 Å². The summed E-state index contributed by atoms with van der Waals surface area (Å²) >= 11 is 1.56. The average molecular weight is 184 g/mol. The Kier molecular flexibility index (Phi) is 3.25. The Bertz CT molecular complexity index is 270. The Morgan fingerprint density at radius 2 is 2.50 bits per heavy atom. The monoisotopic (exact) mass is 184 g/mol. The first kappa shape index (κ1) is 9.22. The van der Waals surface area contributed by atoms with Crippen LogP contribution >= 0.6 is 11.3 Å². The maximum absolute atomic E-state index is 11.0. The van der Waals surface area contributed by atoms with Crippen molar-refractivity contribution in [3.05, 3.63) is 16.3 Å². The molecule has 4 heteroatoms. The number of anilines is 1. The lowest BCUT2D eigenvalue weighted by Crippen LogP contribution is -2.10. The number of nitrogens with one attached hydrogen (secondary N) is 1. The van der Waals surface area contributed by atoms with Crippen molar-refractivity contribution in [2.75, 3.05) is 5.32 Å². The van der Waals surface area contributed by atoms with Gasteiger partial charge in [-0.3, -0.25) is 4.79 Å². The summed E-state index contributed by atoms with van der Waals surface area (Å²) in [5.74, 6) is 0.0306. The van der Waals surface area contributed by atoms with Gasteiger partial charge >= 0.3 is 0 Å². The molecule has 66 valence electrons. The zero-order valence-corrected chi connectivity index (χ0v) is 7.78. The molecule has 0 aliphatic rings. The molecule has 1 aromatic rings. The van der Waals surface area contributed by atoms with E-state index in [2.05, 4.69) is 5.32 Å². The predicted octanol–water partition coefficient (Wildman–Crippen LogP) is 1.56. The van der Waals surface area contributed by atoms with E-state index < -0.39 is 0 Å². The molecule has 0 spiro atoms. The number of hydrogen-bond donors (Lipinski definition) is 2. The number of thiophene rings is 1. The minimum absolute atomic E-state index is 0.0306. The summed E-state index contributed by atoms with van der Waals surface area (Å²) in [5.41, 5.74) is 6.33. The van der Waals surface area contributed by atoms with Gasteiger partial charge in [-0.15, -0.1) is 11.3 Å². The summed E-state index contributed by atoms with van der Waals surface area (Å²) in [7, 11) is 0. The van der Waals surface area contributed by atoms with Gasteiger partial charge in [0.1, 0.15) is 0 Å². The van der Waals surface area contributed by atoms with Gasteiger partial charge in [-0.2, -0.15) is 0 Å². The van der Waals surface area contributed by atoms with Gasteiger partial charge in [-0.05, 0) is 11.4 Å². The molecule has 0 saturated carbocycles. The molecule has 1 amide bonds. The van der Waals surface area contributed by atoms with Crippen molar-refractivity contribution in [2.45, 2.75) is 19.9 Å². The van der Waals surface area contributed by atoms with E-state index >= 15 is 0 Å². The quantitative estimate of drug-likeness (QED) is 0.749. The second-order valence-electron chi connectivity index (χ2n) is 2.36. The molecule has 0 atom stereocenters. The Hall–Kier alpha value is -0.870. The van der Waals surface area contributed by atoms with Gasteiger partial charge in [0.05, 0.1) is 5.69 Å². The summed E-state index contributed by atoms with van der Waals surface area (Å²) in [6.45, 7) is 2.31. The van der Waals surface area contributed by atoms with Crippen LogP contribution in [-0.4, -0.2) is 5.91 Å². The van der Waals surface area contributed by atoms with E-state index in [1.165, 1.54) is 0 Å². The van der Waals surface area contributed by atoms with E-state index in [1.807, 2.05) is 18.4 Å². The number of amides is 1. The van der Waals surface area contributed by atoms with E-state index in [0.29, 0.717) is 13.0 Å². The van der Waals surface area contributed by atoms with Gasteiger partial charge in [0, 0.05) is 17.8 Å². The van der Waals surface area contributed by atoms with Crippen molar-refractivity contribution in [1.29, 1.82) is 0 Å². The van der Waals surface area contributed by atoms with Gasteiger partial charge in [0.25, 0.3) is 0 Å². The van der Waals surface area contributed by atoms with Gasteiger partial charge in [-0.25, -0.2) is 0 Å². The van der Waals surface area contributed by atoms with Crippen molar-refractivity contribution in [1.82, 2.24) is 0 Å². The first-order chi connectivity index (χ1) is 5.77. The van der Waals surface area contributed by atoms with Crippen molar-refractivity contribution in [3.63, 3.8) is 0 Å². The summed E-state index contributed by atoms with van der Waals surface area (Å²) in [6.07, 6.45) is 0.500. The smallest absolute Gasteiger partial charge is 0.224 e. The topological polar surface area (TPSA) is 55.1 Å². The number of nitrogens with two attached hydrogens (primary N) is 1. The van der Waals surface area contributed by atoms with Gasteiger partial charge in [-0.1, -0.05) is 6.92 Å². The number of carbonyl (C=O) groups is 1. The molecule has 12 heavy (non-hydrogen) atoms. The molecule has 0 unspecified atom stereocenters. The van der Waals surface area contributed by atoms with Crippen LogP contribution in [0.25, 0.3) is 0 Å². The standard InChI is InChI=1S/C8H12N2OS/c1-2-8(11)10-6-3-4-12-7(6)5-9/h3-4H,2,5,9H2,1H3,(H,10,11). The predicted molar refractivity (Wildman–Crippen MR) is 51.1 cm³/mol. The lowest BCUT2D eigenvalue weighted by molar-refractivity contribution is -0.115. The molecule has 0 saturated heterocycles. The highest BCUT2D eigenvalue weighted by atomic mass is 32.1. The molecule has 0 aromatic carbocycles. The molecule has 1 aromatic heterocycles. The highest BCUT2D eigenvalue weighted by Gasteiger charge is 2.04. The highest BCUT2D eigenvalue weighted by molar-refractivity contribution is 7.10. The first-order valence-electron chi connectivity index (χ1n) is 3.84. The van der Waals surface area contributed by atoms with E-state index in [9.17, 15) is 4.79 Å². The fourth-order valence-corrected chi connectivity index (χ4v) is 1.56. The third-order valence-electron chi connectivity index (χ3n) is 1.53. The molecule has 0 bridgehead atoms. The minimum atomic E-state index is 0.0306. The molecule has 0 radical (unpaired) electrons. The van der Waals surface area contributed by atoms with Crippen molar-refractivity contribution in [2.24, 2.45) is 5.73 Å². The third-order valence-corrected chi connectivity index (χ3v) is 2.47. The van der Waals surface area contributed by atoms with E-state index in [1.54, 1.807) is 11.3 Å². The Balaban J connectivity index is 2.68. The normalized spacial score (nSPS) is 9.83. The molecule has 3 nitrogen and oxygen atoms in total. The Labute approximate surface area is 75.6 Å². The van der Waals surface area contributed by atoms with Gasteiger partial charge in [0.15, 0.2) is 0 Å². The van der Waals surface area contributed by atoms with Crippen LogP contribution in [0.4, 0.5) is 5.69 Å². The fourth-order valence-electron chi connectivity index (χ4n) is 0.849. The van der Waals surface area contributed by atoms with Crippen molar-refractivity contribution >= 4 is 22.9 Å². The molecular weight excluding hydrogens is 172 g/mol. The van der Waals surface area contributed by atoms with Crippen LogP contribution in [-0.2, 0) is 11.3 Å². The number of hydrogen-bond acceptors (Lipinski definition) is 3.